The molecule has 142 valence electrons. The van der Waals surface area contributed by atoms with Crippen molar-refractivity contribution in [1.29, 1.82) is 0 Å². The first kappa shape index (κ1) is 20.2. The second-order valence-corrected chi connectivity index (χ2v) is 8.34. The van der Waals surface area contributed by atoms with Gasteiger partial charge in [0.25, 0.3) is 5.91 Å². The predicted octanol–water partition coefficient (Wildman–Crippen LogP) is 3.99. The third-order valence-electron chi connectivity index (χ3n) is 3.74. The number of amides is 2. The van der Waals surface area contributed by atoms with Gasteiger partial charge in [0.1, 0.15) is 10.9 Å². The Bertz CT molecular complexity index is 1010. The van der Waals surface area contributed by atoms with Crippen molar-refractivity contribution in [3.63, 3.8) is 0 Å². The van der Waals surface area contributed by atoms with Crippen LogP contribution in [0.3, 0.4) is 0 Å². The third-order valence-corrected chi connectivity index (χ3v) is 5.61. The zero-order valence-electron chi connectivity index (χ0n) is 14.2. The van der Waals surface area contributed by atoms with Crippen LogP contribution in [0, 0.1) is 0 Å². The maximum Gasteiger partial charge on any atom is 0.335 e. The largest absolute Gasteiger partial charge is 0.478 e. The summed E-state index contributed by atoms with van der Waals surface area (Å²) in [6, 6.07) is 13.2. The third kappa shape index (κ3) is 4.86. The van der Waals surface area contributed by atoms with E-state index in [0.717, 1.165) is 21.8 Å². The Morgan fingerprint density at radius 2 is 1.93 bits per heavy atom. The number of anilines is 1. The van der Waals surface area contributed by atoms with E-state index < -0.39 is 11.9 Å². The highest BCUT2D eigenvalue weighted by atomic mass is 79.9. The van der Waals surface area contributed by atoms with E-state index >= 15 is 0 Å². The molecule has 6 nitrogen and oxygen atoms in total. The second kappa shape index (κ2) is 8.68. The summed E-state index contributed by atoms with van der Waals surface area (Å²) in [6.07, 6.45) is 1.73. The van der Waals surface area contributed by atoms with Gasteiger partial charge in [0, 0.05) is 10.2 Å². The number of thioether (sulfide) groups is 1. The van der Waals surface area contributed by atoms with E-state index in [0.29, 0.717) is 14.9 Å². The number of aromatic carboxylic acids is 1. The number of carboxylic acid groups (broad SMARTS) is 1. The second-order valence-electron chi connectivity index (χ2n) is 5.75. The van der Waals surface area contributed by atoms with Crippen molar-refractivity contribution in [1.82, 2.24) is 4.90 Å². The van der Waals surface area contributed by atoms with Gasteiger partial charge in [-0.2, -0.15) is 0 Å². The van der Waals surface area contributed by atoms with Gasteiger partial charge < -0.3 is 10.4 Å². The molecule has 0 unspecified atom stereocenters. The Morgan fingerprint density at radius 1 is 1.21 bits per heavy atom. The molecule has 0 bridgehead atoms. The summed E-state index contributed by atoms with van der Waals surface area (Å²) in [5.74, 6) is -1.80. The number of carbonyl (C=O) groups excluding carboxylic acids is 2. The molecule has 0 radical (unpaired) electrons. The number of nitrogens with zero attached hydrogens (tertiary/aromatic N) is 1. The van der Waals surface area contributed by atoms with Gasteiger partial charge in [-0.3, -0.25) is 14.5 Å². The van der Waals surface area contributed by atoms with Gasteiger partial charge in [0.2, 0.25) is 5.91 Å². The molecule has 0 aromatic heterocycles. The molecule has 2 amide bonds. The first-order valence-corrected chi connectivity index (χ1v) is 9.99. The van der Waals surface area contributed by atoms with E-state index in [4.69, 9.17) is 17.3 Å². The Hall–Kier alpha value is -2.49. The normalized spacial score (nSPS) is 15.2. The number of nitrogens with one attached hydrogen (secondary N) is 1. The summed E-state index contributed by atoms with van der Waals surface area (Å²) in [7, 11) is 0. The van der Waals surface area contributed by atoms with Crippen LogP contribution >= 0.6 is 39.9 Å². The average Bonchev–Trinajstić information content (AvgIpc) is 2.89. The highest BCUT2D eigenvalue weighted by Crippen LogP contribution is 2.32. The van der Waals surface area contributed by atoms with Gasteiger partial charge in [-0.15, -0.1) is 0 Å². The molecular formula is C19H13BrN2O4S2. The van der Waals surface area contributed by atoms with Crippen molar-refractivity contribution in [3.8, 4) is 0 Å². The molecule has 3 rings (SSSR count). The first-order chi connectivity index (χ1) is 13.3. The number of hydrogen-bond donors (Lipinski definition) is 2. The number of benzene rings is 2. The number of carbonyl (C=O) groups is 3. The van der Waals surface area contributed by atoms with Crippen molar-refractivity contribution in [2.75, 3.05) is 11.9 Å². The molecule has 0 spiro atoms. The standard InChI is InChI=1S/C19H13BrN2O4S2/c20-13-3-1-2-11(8-13)9-15-17(24)22(19(27)28-15)10-16(23)21-14-6-4-12(5-7-14)18(25)26/h1-9H,10H2,(H,21,23)(H,25,26). The minimum absolute atomic E-state index is 0.118. The van der Waals surface area contributed by atoms with E-state index in [1.807, 2.05) is 24.3 Å². The van der Waals surface area contributed by atoms with E-state index in [1.165, 1.54) is 29.2 Å². The maximum absolute atomic E-state index is 12.6. The quantitative estimate of drug-likeness (QED) is 0.501. The van der Waals surface area contributed by atoms with E-state index in [1.54, 1.807) is 6.08 Å². The lowest BCUT2D eigenvalue weighted by Gasteiger charge is -2.14. The fourth-order valence-corrected chi connectivity index (χ4v) is 4.10. The van der Waals surface area contributed by atoms with Crippen LogP contribution in [0.2, 0.25) is 0 Å². The molecule has 2 aromatic carbocycles. The molecule has 1 aliphatic rings. The topological polar surface area (TPSA) is 86.7 Å². The zero-order valence-corrected chi connectivity index (χ0v) is 17.4. The maximum atomic E-state index is 12.6. The monoisotopic (exact) mass is 476 g/mol. The molecule has 1 saturated heterocycles. The zero-order chi connectivity index (χ0) is 20.3. The number of carboxylic acids is 1. The number of thiocarbonyl (C=S) groups is 1. The van der Waals surface area contributed by atoms with Crippen LogP contribution in [0.5, 0.6) is 0 Å². The summed E-state index contributed by atoms with van der Waals surface area (Å²) in [4.78, 5) is 37.4. The summed E-state index contributed by atoms with van der Waals surface area (Å²) in [5.41, 5.74) is 1.40. The molecule has 1 heterocycles. The van der Waals surface area contributed by atoms with Crippen molar-refractivity contribution in [3.05, 3.63) is 69.0 Å². The van der Waals surface area contributed by atoms with Gasteiger partial charge in [-0.1, -0.05) is 52.0 Å². The smallest absolute Gasteiger partial charge is 0.335 e. The van der Waals surface area contributed by atoms with Gasteiger partial charge in [-0.25, -0.2) is 4.79 Å². The number of rotatable bonds is 5. The van der Waals surface area contributed by atoms with E-state index in [-0.39, 0.29) is 18.0 Å². The Balaban J connectivity index is 1.66. The summed E-state index contributed by atoms with van der Waals surface area (Å²) in [5, 5.41) is 11.5. The van der Waals surface area contributed by atoms with Crippen LogP contribution in [0.4, 0.5) is 5.69 Å². The average molecular weight is 477 g/mol. The molecule has 0 aliphatic carbocycles. The van der Waals surface area contributed by atoms with Crippen molar-refractivity contribution in [2.45, 2.75) is 0 Å². The fourth-order valence-electron chi connectivity index (χ4n) is 2.42. The minimum Gasteiger partial charge on any atom is -0.478 e. The Morgan fingerprint density at radius 3 is 2.57 bits per heavy atom. The van der Waals surface area contributed by atoms with Gasteiger partial charge in [0.15, 0.2) is 0 Å². The SMILES string of the molecule is O=C(CN1C(=O)C(=Cc2cccc(Br)c2)SC1=S)Nc1ccc(C(=O)O)cc1. The van der Waals surface area contributed by atoms with E-state index in [9.17, 15) is 14.4 Å². The highest BCUT2D eigenvalue weighted by molar-refractivity contribution is 9.10. The van der Waals surface area contributed by atoms with E-state index in [2.05, 4.69) is 21.2 Å². The van der Waals surface area contributed by atoms with Gasteiger partial charge in [0.05, 0.1) is 10.5 Å². The molecule has 28 heavy (non-hydrogen) atoms. The number of halogens is 1. The van der Waals surface area contributed by atoms with Crippen LogP contribution < -0.4 is 5.32 Å². The van der Waals surface area contributed by atoms with Gasteiger partial charge in [-0.05, 0) is 48.0 Å². The summed E-state index contributed by atoms with van der Waals surface area (Å²) in [6.45, 7) is -0.221. The molecule has 2 N–H and O–H groups in total. The first-order valence-electron chi connectivity index (χ1n) is 7.97. The molecular weight excluding hydrogens is 464 g/mol. The number of hydrogen-bond acceptors (Lipinski definition) is 5. The molecule has 9 heteroatoms. The molecule has 0 saturated carbocycles. The molecule has 0 atom stereocenters. The van der Waals surface area contributed by atoms with Crippen LogP contribution in [-0.2, 0) is 9.59 Å². The minimum atomic E-state index is -1.05. The van der Waals surface area contributed by atoms with Crippen LogP contribution in [-0.4, -0.2) is 38.7 Å². The van der Waals surface area contributed by atoms with Crippen LogP contribution in [0.1, 0.15) is 15.9 Å². The lowest BCUT2D eigenvalue weighted by molar-refractivity contribution is -0.126. The lowest BCUT2D eigenvalue weighted by Crippen LogP contribution is -2.36. The fraction of sp³-hybridized carbons (Fsp3) is 0.0526. The molecule has 1 aliphatic heterocycles. The van der Waals surface area contributed by atoms with Crippen LogP contribution in [0.15, 0.2) is 57.9 Å². The van der Waals surface area contributed by atoms with Crippen molar-refractivity contribution < 1.29 is 19.5 Å². The Labute approximate surface area is 178 Å². The summed E-state index contributed by atoms with van der Waals surface area (Å²) < 4.78 is 1.20. The Kier molecular flexibility index (Phi) is 6.28. The molecule has 1 fully saturated rings. The van der Waals surface area contributed by atoms with Crippen molar-refractivity contribution >= 4 is 73.8 Å². The van der Waals surface area contributed by atoms with Crippen LogP contribution in [0.25, 0.3) is 6.08 Å². The summed E-state index contributed by atoms with van der Waals surface area (Å²) >= 11 is 9.77. The molecule has 2 aromatic rings. The lowest BCUT2D eigenvalue weighted by atomic mass is 10.2. The highest BCUT2D eigenvalue weighted by Gasteiger charge is 2.33. The van der Waals surface area contributed by atoms with Gasteiger partial charge >= 0.3 is 5.97 Å². The predicted molar refractivity (Wildman–Crippen MR) is 116 cm³/mol. The van der Waals surface area contributed by atoms with Crippen molar-refractivity contribution in [2.24, 2.45) is 0 Å².